The number of ether oxygens (including phenoxy) is 4. The van der Waals surface area contributed by atoms with Crippen LogP contribution in [0.1, 0.15) is 30.5 Å². The SMILES string of the molecule is COc1ccc(/C=C/C2=NN(C(C)=O)C(C)Cc3cc(OC)c(OC)cc32)c(OC)c1. The first-order valence-corrected chi connectivity index (χ1v) is 9.95. The van der Waals surface area contributed by atoms with Crippen molar-refractivity contribution in [1.29, 1.82) is 0 Å². The van der Waals surface area contributed by atoms with Crippen LogP contribution < -0.4 is 18.9 Å². The van der Waals surface area contributed by atoms with Crippen LogP contribution in [-0.2, 0) is 11.2 Å². The molecule has 1 unspecified atom stereocenters. The molecule has 7 heteroatoms. The summed E-state index contributed by atoms with van der Waals surface area (Å²) in [5.41, 5.74) is 3.42. The van der Waals surface area contributed by atoms with Crippen molar-refractivity contribution in [1.82, 2.24) is 5.01 Å². The molecule has 7 nitrogen and oxygen atoms in total. The van der Waals surface area contributed by atoms with E-state index in [2.05, 4.69) is 5.10 Å². The summed E-state index contributed by atoms with van der Waals surface area (Å²) in [6.07, 6.45) is 4.43. The highest BCUT2D eigenvalue weighted by Crippen LogP contribution is 2.34. The molecule has 1 aliphatic rings. The van der Waals surface area contributed by atoms with Gasteiger partial charge >= 0.3 is 0 Å². The van der Waals surface area contributed by atoms with Gasteiger partial charge in [0.15, 0.2) is 11.5 Å². The number of benzene rings is 2. The van der Waals surface area contributed by atoms with Gasteiger partial charge in [-0.25, -0.2) is 5.01 Å². The lowest BCUT2D eigenvalue weighted by Crippen LogP contribution is -2.33. The number of carbonyl (C=O) groups is 1. The van der Waals surface area contributed by atoms with Crippen molar-refractivity contribution in [2.24, 2.45) is 5.10 Å². The Morgan fingerprint density at radius 3 is 2.26 bits per heavy atom. The van der Waals surface area contributed by atoms with E-state index in [-0.39, 0.29) is 11.9 Å². The fourth-order valence-corrected chi connectivity index (χ4v) is 3.63. The molecule has 164 valence electrons. The summed E-state index contributed by atoms with van der Waals surface area (Å²) >= 11 is 0. The van der Waals surface area contributed by atoms with Gasteiger partial charge in [-0.1, -0.05) is 0 Å². The molecule has 3 rings (SSSR count). The zero-order valence-corrected chi connectivity index (χ0v) is 18.8. The maximum atomic E-state index is 12.3. The Labute approximate surface area is 182 Å². The van der Waals surface area contributed by atoms with Gasteiger partial charge in [-0.05, 0) is 55.3 Å². The van der Waals surface area contributed by atoms with Crippen LogP contribution in [0.5, 0.6) is 23.0 Å². The second-order valence-corrected chi connectivity index (χ2v) is 7.21. The minimum atomic E-state index is -0.118. The highest BCUT2D eigenvalue weighted by molar-refractivity contribution is 6.12. The van der Waals surface area contributed by atoms with E-state index in [1.165, 1.54) is 11.9 Å². The van der Waals surface area contributed by atoms with Crippen LogP contribution in [0.15, 0.2) is 41.5 Å². The number of allylic oxidation sites excluding steroid dienone is 1. The van der Waals surface area contributed by atoms with Gasteiger partial charge in [0.1, 0.15) is 11.5 Å². The molecule has 1 aliphatic heterocycles. The summed E-state index contributed by atoms with van der Waals surface area (Å²) in [6.45, 7) is 3.50. The molecule has 0 aromatic heterocycles. The van der Waals surface area contributed by atoms with Crippen LogP contribution in [0.25, 0.3) is 6.08 Å². The van der Waals surface area contributed by atoms with Crippen LogP contribution >= 0.6 is 0 Å². The fraction of sp³-hybridized carbons (Fsp3) is 0.333. The highest BCUT2D eigenvalue weighted by atomic mass is 16.5. The number of amides is 1. The fourth-order valence-electron chi connectivity index (χ4n) is 3.63. The van der Waals surface area contributed by atoms with Crippen LogP contribution in [0, 0.1) is 0 Å². The van der Waals surface area contributed by atoms with Gasteiger partial charge < -0.3 is 18.9 Å². The van der Waals surface area contributed by atoms with Crippen molar-refractivity contribution in [3.63, 3.8) is 0 Å². The van der Waals surface area contributed by atoms with Crippen molar-refractivity contribution >= 4 is 17.7 Å². The standard InChI is InChI=1S/C24H28N2O5/c1-15-11-18-12-23(30-5)24(31-6)14-20(18)21(25-26(15)16(2)27)10-8-17-7-9-19(28-3)13-22(17)29-4/h7-10,12-15H,11H2,1-6H3/b10-8+. The molecule has 0 aliphatic carbocycles. The molecule has 1 heterocycles. The Kier molecular flexibility index (Phi) is 6.84. The Hall–Kier alpha value is -3.48. The summed E-state index contributed by atoms with van der Waals surface area (Å²) in [6, 6.07) is 9.34. The van der Waals surface area contributed by atoms with E-state index in [0.29, 0.717) is 35.1 Å². The van der Waals surface area contributed by atoms with Gasteiger partial charge in [-0.3, -0.25) is 4.79 Å². The summed E-state index contributed by atoms with van der Waals surface area (Å²) in [7, 11) is 6.43. The lowest BCUT2D eigenvalue weighted by molar-refractivity contribution is -0.130. The molecule has 1 atom stereocenters. The predicted molar refractivity (Wildman–Crippen MR) is 120 cm³/mol. The molecule has 0 spiro atoms. The molecule has 0 saturated heterocycles. The van der Waals surface area contributed by atoms with Gasteiger partial charge in [0.25, 0.3) is 0 Å². The zero-order valence-electron chi connectivity index (χ0n) is 18.8. The lowest BCUT2D eigenvalue weighted by atomic mass is 9.96. The van der Waals surface area contributed by atoms with E-state index >= 15 is 0 Å². The summed E-state index contributed by atoms with van der Waals surface area (Å²) < 4.78 is 21.7. The van der Waals surface area contributed by atoms with Gasteiger partial charge in [0.2, 0.25) is 5.91 Å². The number of carbonyl (C=O) groups excluding carboxylic acids is 1. The Morgan fingerprint density at radius 1 is 0.968 bits per heavy atom. The number of rotatable bonds is 6. The molecule has 1 amide bonds. The Morgan fingerprint density at radius 2 is 1.65 bits per heavy atom. The number of fused-ring (bicyclic) bond motifs is 1. The quantitative estimate of drug-likeness (QED) is 0.703. The van der Waals surface area contributed by atoms with Crippen LogP contribution in [0.2, 0.25) is 0 Å². The number of hydrogen-bond donors (Lipinski definition) is 0. The highest BCUT2D eigenvalue weighted by Gasteiger charge is 2.25. The van der Waals surface area contributed by atoms with Crippen molar-refractivity contribution in [3.8, 4) is 23.0 Å². The average molecular weight is 424 g/mol. The first-order chi connectivity index (χ1) is 14.9. The third kappa shape index (κ3) is 4.66. The second kappa shape index (κ2) is 9.55. The molecular weight excluding hydrogens is 396 g/mol. The minimum absolute atomic E-state index is 0.101. The smallest absolute Gasteiger partial charge is 0.239 e. The third-order valence-electron chi connectivity index (χ3n) is 5.22. The molecule has 31 heavy (non-hydrogen) atoms. The monoisotopic (exact) mass is 424 g/mol. The number of nitrogens with zero attached hydrogens (tertiary/aromatic N) is 2. The summed E-state index contributed by atoms with van der Waals surface area (Å²) in [5.74, 6) is 2.51. The maximum Gasteiger partial charge on any atom is 0.239 e. The minimum Gasteiger partial charge on any atom is -0.497 e. The van der Waals surface area contributed by atoms with Crippen LogP contribution in [0.4, 0.5) is 0 Å². The predicted octanol–water partition coefficient (Wildman–Crippen LogP) is 3.93. The molecule has 0 bridgehead atoms. The molecule has 2 aromatic carbocycles. The van der Waals surface area contributed by atoms with E-state index in [1.807, 2.05) is 49.4 Å². The Bertz CT molecular complexity index is 1030. The van der Waals surface area contributed by atoms with Crippen LogP contribution in [0.3, 0.4) is 0 Å². The van der Waals surface area contributed by atoms with Gasteiger partial charge in [0, 0.05) is 24.1 Å². The molecular formula is C24H28N2O5. The summed E-state index contributed by atoms with van der Waals surface area (Å²) in [4.78, 5) is 12.3. The van der Waals surface area contributed by atoms with Crippen LogP contribution in [-0.4, -0.2) is 51.1 Å². The van der Waals surface area contributed by atoms with Crippen molar-refractivity contribution in [3.05, 3.63) is 53.1 Å². The number of hydrazone groups is 1. The maximum absolute atomic E-state index is 12.3. The van der Waals surface area contributed by atoms with Crippen molar-refractivity contribution < 1.29 is 23.7 Å². The van der Waals surface area contributed by atoms with Gasteiger partial charge in [0.05, 0.1) is 40.2 Å². The molecule has 0 N–H and O–H groups in total. The number of methoxy groups -OCH3 is 4. The first kappa shape index (κ1) is 22.2. The average Bonchev–Trinajstić information content (AvgIpc) is 2.91. The van der Waals surface area contributed by atoms with E-state index < -0.39 is 0 Å². The van der Waals surface area contributed by atoms with Crippen molar-refractivity contribution in [2.45, 2.75) is 26.3 Å². The zero-order chi connectivity index (χ0) is 22.5. The molecule has 0 fully saturated rings. The van der Waals surface area contributed by atoms with E-state index in [4.69, 9.17) is 18.9 Å². The van der Waals surface area contributed by atoms with E-state index in [0.717, 1.165) is 16.7 Å². The van der Waals surface area contributed by atoms with Crippen molar-refractivity contribution in [2.75, 3.05) is 28.4 Å². The largest absolute Gasteiger partial charge is 0.497 e. The van der Waals surface area contributed by atoms with E-state index in [1.54, 1.807) is 28.4 Å². The molecule has 2 aromatic rings. The van der Waals surface area contributed by atoms with E-state index in [9.17, 15) is 4.79 Å². The third-order valence-corrected chi connectivity index (χ3v) is 5.22. The first-order valence-electron chi connectivity index (χ1n) is 9.95. The topological polar surface area (TPSA) is 69.6 Å². The normalized spacial score (nSPS) is 15.7. The molecule has 0 radical (unpaired) electrons. The lowest BCUT2D eigenvalue weighted by Gasteiger charge is -2.21. The molecule has 0 saturated carbocycles. The summed E-state index contributed by atoms with van der Waals surface area (Å²) in [5, 5.41) is 6.20. The van der Waals surface area contributed by atoms with Gasteiger partial charge in [-0.15, -0.1) is 0 Å². The Balaban J connectivity index is 2.13. The second-order valence-electron chi connectivity index (χ2n) is 7.21. The number of hydrogen-bond acceptors (Lipinski definition) is 6. The van der Waals surface area contributed by atoms with Gasteiger partial charge in [-0.2, -0.15) is 5.10 Å².